The van der Waals surface area contributed by atoms with E-state index in [0.717, 1.165) is 61.7 Å². The molecule has 0 unspecified atom stereocenters. The van der Waals surface area contributed by atoms with Crippen molar-refractivity contribution >= 4 is 122 Å². The fourth-order valence-electron chi connectivity index (χ4n) is 17.6. The second-order valence-electron chi connectivity index (χ2n) is 31.5. The van der Waals surface area contributed by atoms with Crippen LogP contribution in [0.4, 0.5) is 22.7 Å². The third kappa shape index (κ3) is 32.3. The second-order valence-corrected chi connectivity index (χ2v) is 41.8. The first-order valence-electron chi connectivity index (χ1n) is 42.1. The summed E-state index contributed by atoms with van der Waals surface area (Å²) in [6, 6.07) is 67.8. The molecule has 0 aliphatic heterocycles. The topological polar surface area (TPSA) is 130 Å². The van der Waals surface area contributed by atoms with Gasteiger partial charge in [-0.15, -0.1) is 0 Å². The van der Waals surface area contributed by atoms with Crippen LogP contribution in [-0.4, -0.2) is 45.3 Å². The Balaban J connectivity index is 0.000000170. The standard InChI is InChI=1S/C25H31NO.C25H25NO.C24H29NO.C23H27NO.8ClH.4Ti/c2*27-25-22(18-26-23-14-8-3-9-15-23)16-21(19-10-4-1-5-11-19)17-24(25)20-12-6-2-7-13-20;26-24-21(17-25-22-13-5-2-6-14-22)15-20(18-9-3-1-4-10-18)16-23(24)19-11-7-8-12-19;25-23-20(16-24-21-12-5-2-6-13-21)14-19(17-8-3-1-4-9-17)15-22(23)18-10-7-11-18;;;;;;;;;;;;/h3,8-9,14-20,27H,1-2,4-7,10-13H2;2-3,6-9,12-19,27H,1,4-5,10-11H2;2,5-6,13-19,26H,1,3-4,7-12H2;2,5-6,12-18,25H,1,3-4,7-11H2;8*1H;;;;/q;;;;;;;;;;;;4*+2/p-8. The molecule has 7 aliphatic rings. The van der Waals surface area contributed by atoms with Gasteiger partial charge in [-0.25, -0.2) is 0 Å². The molecule has 7 fully saturated rings. The molecule has 0 radical (unpaired) electrons. The van der Waals surface area contributed by atoms with Crippen LogP contribution in [0.5, 0.6) is 23.0 Å². The van der Waals surface area contributed by atoms with Gasteiger partial charge in [-0.3, -0.25) is 20.0 Å². The number of nitrogens with zero attached hydrogens (tertiary/aromatic N) is 4. The van der Waals surface area contributed by atoms with E-state index in [1.807, 2.05) is 158 Å². The van der Waals surface area contributed by atoms with Gasteiger partial charge in [-0.05, 0) is 255 Å². The Morgan fingerprint density at radius 1 is 0.231 bits per heavy atom. The molecule has 8 nitrogen and oxygen atoms in total. The number of rotatable bonds is 16. The van der Waals surface area contributed by atoms with Crippen LogP contribution in [0.25, 0.3) is 11.1 Å². The van der Waals surface area contributed by atoms with Crippen LogP contribution in [-0.2, 0) is 68.1 Å². The van der Waals surface area contributed by atoms with Crippen molar-refractivity contribution in [1.29, 1.82) is 0 Å². The Hall–Kier alpha value is -3.96. The number of halogens is 8. The van der Waals surface area contributed by atoms with Crippen molar-refractivity contribution in [1.82, 2.24) is 0 Å². The third-order valence-electron chi connectivity index (χ3n) is 23.9. The minimum atomic E-state index is -0.556. The monoisotopic (exact) mass is 1870 g/mol. The summed E-state index contributed by atoms with van der Waals surface area (Å²) in [5.41, 5.74) is 18.1. The van der Waals surface area contributed by atoms with Gasteiger partial charge in [0.15, 0.2) is 0 Å². The molecule has 0 aromatic heterocycles. The fraction of sp³-hybridized carbons (Fsp3) is 0.402. The van der Waals surface area contributed by atoms with Crippen LogP contribution < -0.4 is 0 Å². The van der Waals surface area contributed by atoms with Crippen LogP contribution in [0, 0.1) is 0 Å². The third-order valence-corrected chi connectivity index (χ3v) is 23.9. The maximum atomic E-state index is 11.1. The van der Waals surface area contributed by atoms with E-state index in [2.05, 4.69) is 80.6 Å². The summed E-state index contributed by atoms with van der Waals surface area (Å²) in [7, 11) is 39.1. The maximum absolute atomic E-state index is 11.1. The number of hydrogen-bond donors (Lipinski definition) is 4. The van der Waals surface area contributed by atoms with Crippen LogP contribution in [0.2, 0.25) is 0 Å². The first-order valence-corrected chi connectivity index (χ1v) is 59.3. The van der Waals surface area contributed by atoms with E-state index < -0.39 is 68.1 Å². The fourth-order valence-corrected chi connectivity index (χ4v) is 17.6. The average molecular weight is 1870 g/mol. The quantitative estimate of drug-likeness (QED) is 0.0567. The molecule has 9 aromatic carbocycles. The van der Waals surface area contributed by atoms with E-state index in [0.29, 0.717) is 64.4 Å². The van der Waals surface area contributed by atoms with Gasteiger partial charge in [-0.1, -0.05) is 237 Å². The van der Waals surface area contributed by atoms with Crippen molar-refractivity contribution < 1.29 is 88.6 Å². The van der Waals surface area contributed by atoms with Gasteiger partial charge >= 0.3 is 143 Å². The van der Waals surface area contributed by atoms with Crippen molar-refractivity contribution in [2.75, 3.05) is 0 Å². The molecule has 16 rings (SSSR count). The van der Waals surface area contributed by atoms with Crippen molar-refractivity contribution in [3.8, 4) is 34.1 Å². The Morgan fingerprint density at radius 2 is 0.427 bits per heavy atom. The van der Waals surface area contributed by atoms with Gasteiger partial charge in [0, 0.05) is 52.7 Å². The van der Waals surface area contributed by atoms with Crippen molar-refractivity contribution in [3.63, 3.8) is 0 Å². The van der Waals surface area contributed by atoms with Crippen LogP contribution in [0.15, 0.2) is 220 Å². The Labute approximate surface area is 764 Å². The molecule has 4 N–H and O–H groups in total. The zero-order valence-corrected chi connectivity index (χ0v) is 79.4. The predicted octanol–water partition coefficient (Wildman–Crippen LogP) is 32.9. The number of aliphatic imine (C=N–C) groups is 4. The first kappa shape index (κ1) is 96.9. The molecular weight excluding hydrogens is 1760 g/mol. The van der Waals surface area contributed by atoms with E-state index in [1.54, 1.807) is 6.21 Å². The molecule has 0 amide bonds. The van der Waals surface area contributed by atoms with Gasteiger partial charge in [0.25, 0.3) is 0 Å². The van der Waals surface area contributed by atoms with Crippen LogP contribution in [0.3, 0.4) is 0 Å². The summed E-state index contributed by atoms with van der Waals surface area (Å²) in [4.78, 5) is 18.4. The number of phenolic OH excluding ortho intramolecular Hbond substituents is 4. The Morgan fingerprint density at radius 3 is 0.658 bits per heavy atom. The molecule has 7 aliphatic carbocycles. The summed E-state index contributed by atoms with van der Waals surface area (Å²) >= 11 is -2.22. The van der Waals surface area contributed by atoms with E-state index in [9.17, 15) is 20.4 Å². The molecule has 0 atom stereocenters. The molecule has 0 saturated heterocycles. The summed E-state index contributed by atoms with van der Waals surface area (Å²) < 4.78 is 0. The molecule has 0 bridgehead atoms. The summed E-state index contributed by atoms with van der Waals surface area (Å²) in [6.07, 6.45) is 48.5. The summed E-state index contributed by atoms with van der Waals surface area (Å²) in [6.45, 7) is 0. The van der Waals surface area contributed by atoms with E-state index in [4.69, 9.17) is 74.4 Å². The zero-order valence-electron chi connectivity index (χ0n) is 67.1. The van der Waals surface area contributed by atoms with Crippen molar-refractivity contribution in [3.05, 3.63) is 261 Å². The normalized spacial score (nSPS) is 16.9. The van der Waals surface area contributed by atoms with Crippen LogP contribution in [0.1, 0.15) is 308 Å². The van der Waals surface area contributed by atoms with Crippen LogP contribution >= 0.6 is 74.4 Å². The Kier molecular flexibility index (Phi) is 46.4. The van der Waals surface area contributed by atoms with Gasteiger partial charge in [-0.2, -0.15) is 0 Å². The van der Waals surface area contributed by atoms with Gasteiger partial charge in [0.1, 0.15) is 23.0 Å². The van der Waals surface area contributed by atoms with Gasteiger partial charge in [0.05, 0.1) is 22.7 Å². The second kappa shape index (κ2) is 56.0. The predicted molar refractivity (Wildman–Crippen MR) is 486 cm³/mol. The van der Waals surface area contributed by atoms with E-state index >= 15 is 0 Å². The average Bonchev–Trinajstić information content (AvgIpc) is 1.56. The Bertz CT molecular complexity index is 4420. The molecular formula is C97H112Cl8N4O4Ti4. The zero-order chi connectivity index (χ0) is 82.6. The molecule has 0 heterocycles. The number of aromatic hydroxyl groups is 4. The van der Waals surface area contributed by atoms with Gasteiger partial charge in [0.2, 0.25) is 0 Å². The molecule has 117 heavy (non-hydrogen) atoms. The number of phenols is 4. The number of hydrogen-bond acceptors (Lipinski definition) is 8. The van der Waals surface area contributed by atoms with Crippen molar-refractivity contribution in [2.24, 2.45) is 20.0 Å². The molecule has 9 aromatic rings. The SMILES string of the molecule is Oc1c(C=Nc2ccccc2)cc(C2CCCCC2)cc1-c1ccccc1.Oc1c(C=Nc2ccccc2)cc(C2CCCCC2)cc1C1CCC1.Oc1c(C=Nc2ccccc2)cc(C2CCCCC2)cc1C1CCCC1.Oc1c(C=Nc2ccccc2)cc(C2CCCCC2)cc1C1CCCCC1.[Cl][Ti][Cl].[Cl][Ti][Cl].[Cl][Ti][Cl].[Cl][Ti][Cl]. The van der Waals surface area contributed by atoms with E-state index in [1.165, 1.54) is 239 Å². The molecule has 616 valence electrons. The van der Waals surface area contributed by atoms with Gasteiger partial charge < -0.3 is 20.4 Å². The molecule has 20 heteroatoms. The molecule has 0 spiro atoms. The number of benzene rings is 9. The molecule has 7 saturated carbocycles. The van der Waals surface area contributed by atoms with E-state index in [-0.39, 0.29) is 0 Å². The summed E-state index contributed by atoms with van der Waals surface area (Å²) in [5.74, 6) is 5.74. The minimum absolute atomic E-state index is 0.306. The van der Waals surface area contributed by atoms with Crippen molar-refractivity contribution in [2.45, 2.75) is 247 Å². The first-order chi connectivity index (χ1) is 57.4. The number of para-hydroxylation sites is 4. The summed E-state index contributed by atoms with van der Waals surface area (Å²) in [5, 5.41) is 43.8.